The van der Waals surface area contributed by atoms with Crippen LogP contribution in [0.2, 0.25) is 0 Å². The highest BCUT2D eigenvalue weighted by Crippen LogP contribution is 1.93. The number of aliphatic imine (C=N–C) groups is 1. The summed E-state index contributed by atoms with van der Waals surface area (Å²) in [5.41, 5.74) is 5.56. The minimum absolute atomic E-state index is 0.188. The minimum atomic E-state index is -0.291. The summed E-state index contributed by atoms with van der Waals surface area (Å²) in [7, 11) is 3.28. The van der Waals surface area contributed by atoms with E-state index in [-0.39, 0.29) is 17.8 Å². The Hall–Kier alpha value is -1.81. The molecule has 0 rings (SSSR count). The van der Waals surface area contributed by atoms with Crippen molar-refractivity contribution in [2.45, 2.75) is 0 Å². The number of nitrogens with one attached hydrogen (secondary N) is 3. The number of carbonyl (C=O) groups excluding carboxylic acids is 1. The maximum atomic E-state index is 10.9. The fourth-order valence-electron chi connectivity index (χ4n) is 0.981. The van der Waals surface area contributed by atoms with Crippen molar-refractivity contribution in [3.05, 3.63) is 0 Å². The molecule has 0 aliphatic heterocycles. The number of nitrogens with zero attached hydrogens (tertiary/aromatic N) is 2. The first-order valence-electron chi connectivity index (χ1n) is 4.48. The van der Waals surface area contributed by atoms with E-state index in [0.29, 0.717) is 13.1 Å². The molecule has 2 amide bonds. The molecule has 0 spiro atoms. The number of hydrogen-bond acceptors (Lipinski definition) is 4. The normalized spacial score (nSPS) is 12.7. The Bertz CT molecular complexity index is 269. The first-order chi connectivity index (χ1) is 7.15. The van der Waals surface area contributed by atoms with E-state index in [2.05, 4.69) is 20.9 Å². The van der Waals surface area contributed by atoms with Crippen LogP contribution in [-0.2, 0) is 0 Å². The van der Waals surface area contributed by atoms with E-state index in [1.165, 1.54) is 7.05 Å². The van der Waals surface area contributed by atoms with Gasteiger partial charge in [0.1, 0.15) is 5.84 Å². The van der Waals surface area contributed by atoms with Crippen LogP contribution < -0.4 is 21.7 Å². The van der Waals surface area contributed by atoms with Crippen LogP contribution in [0.25, 0.3) is 0 Å². The van der Waals surface area contributed by atoms with Gasteiger partial charge in [0.25, 0.3) is 0 Å². The number of amidine groups is 1. The van der Waals surface area contributed by atoms with Crippen LogP contribution in [0.5, 0.6) is 0 Å². The van der Waals surface area contributed by atoms with E-state index >= 15 is 0 Å². The van der Waals surface area contributed by atoms with Crippen LogP contribution in [0.1, 0.15) is 0 Å². The van der Waals surface area contributed by atoms with Crippen LogP contribution in [0.3, 0.4) is 0 Å². The Labute approximate surface area is 88.7 Å². The zero-order valence-corrected chi connectivity index (χ0v) is 8.87. The number of nitriles is 1. The van der Waals surface area contributed by atoms with Gasteiger partial charge in [-0.25, -0.2) is 4.79 Å². The Morgan fingerprint density at radius 2 is 2.20 bits per heavy atom. The van der Waals surface area contributed by atoms with Crippen molar-refractivity contribution in [1.29, 1.82) is 5.26 Å². The number of rotatable bonds is 5. The van der Waals surface area contributed by atoms with Gasteiger partial charge in [0.15, 0.2) is 0 Å². The van der Waals surface area contributed by atoms with Crippen LogP contribution >= 0.6 is 0 Å². The van der Waals surface area contributed by atoms with Crippen molar-refractivity contribution in [2.75, 3.05) is 27.2 Å². The number of nitrogens with two attached hydrogens (primary N) is 1. The van der Waals surface area contributed by atoms with Crippen LogP contribution in [0.15, 0.2) is 4.99 Å². The second kappa shape index (κ2) is 7.58. The summed E-state index contributed by atoms with van der Waals surface area (Å²) in [5, 5.41) is 16.3. The van der Waals surface area contributed by atoms with Gasteiger partial charge in [-0.05, 0) is 7.05 Å². The van der Waals surface area contributed by atoms with E-state index in [4.69, 9.17) is 11.0 Å². The van der Waals surface area contributed by atoms with Crippen LogP contribution in [0.4, 0.5) is 4.79 Å². The Morgan fingerprint density at radius 1 is 1.53 bits per heavy atom. The minimum Gasteiger partial charge on any atom is -0.386 e. The number of urea groups is 1. The smallest absolute Gasteiger partial charge is 0.314 e. The molecule has 7 nitrogen and oxygen atoms in total. The first kappa shape index (κ1) is 13.2. The molecule has 0 aliphatic carbocycles. The van der Waals surface area contributed by atoms with Crippen molar-refractivity contribution in [1.82, 2.24) is 16.0 Å². The van der Waals surface area contributed by atoms with Crippen LogP contribution in [0, 0.1) is 17.4 Å². The topological polar surface area (TPSA) is 115 Å². The molecular weight excluding hydrogens is 196 g/mol. The maximum Gasteiger partial charge on any atom is 0.314 e. The van der Waals surface area contributed by atoms with Crippen molar-refractivity contribution in [3.8, 4) is 6.19 Å². The lowest BCUT2D eigenvalue weighted by Gasteiger charge is -2.15. The van der Waals surface area contributed by atoms with E-state index in [0.717, 1.165) is 0 Å². The molecule has 5 N–H and O–H groups in total. The maximum absolute atomic E-state index is 10.9. The Morgan fingerprint density at radius 3 is 2.67 bits per heavy atom. The highest BCUT2D eigenvalue weighted by Gasteiger charge is 2.13. The molecule has 0 radical (unpaired) electrons. The predicted octanol–water partition coefficient (Wildman–Crippen LogP) is -1.41. The molecule has 0 aromatic carbocycles. The van der Waals surface area contributed by atoms with Crippen molar-refractivity contribution < 1.29 is 4.79 Å². The standard InChI is InChI=1S/C8H16N6O/c1-11-3-6(7(10)14-5-9)4-13-8(15)12-2/h6,11H,3-4H2,1-2H3,(H2,10,14)(H2,12,13,15). The fraction of sp³-hybridized carbons (Fsp3) is 0.625. The highest BCUT2D eigenvalue weighted by molar-refractivity contribution is 5.84. The molecule has 0 saturated carbocycles. The molecule has 0 aromatic rings. The average molecular weight is 212 g/mol. The summed E-state index contributed by atoms with van der Waals surface area (Å²) in [6.45, 7) is 0.874. The van der Waals surface area contributed by atoms with Crippen molar-refractivity contribution >= 4 is 11.9 Å². The molecule has 0 bridgehead atoms. The first-order valence-corrected chi connectivity index (χ1v) is 4.48. The van der Waals surface area contributed by atoms with Gasteiger partial charge in [-0.3, -0.25) is 0 Å². The van der Waals surface area contributed by atoms with E-state index in [1.807, 2.05) is 0 Å². The summed E-state index contributed by atoms with van der Waals surface area (Å²) in [6, 6.07) is -0.291. The quantitative estimate of drug-likeness (QED) is 0.254. The largest absolute Gasteiger partial charge is 0.386 e. The molecule has 84 valence electrons. The lowest BCUT2D eigenvalue weighted by Crippen LogP contribution is -2.43. The summed E-state index contributed by atoms with van der Waals surface area (Å²) in [5.74, 6) is 0.0233. The van der Waals surface area contributed by atoms with Gasteiger partial charge in [0.05, 0.1) is 0 Å². The SMILES string of the molecule is CNCC(CNC(=O)NC)C(N)=NC#N. The summed E-state index contributed by atoms with van der Waals surface area (Å²) < 4.78 is 0. The van der Waals surface area contributed by atoms with Gasteiger partial charge in [-0.1, -0.05) is 0 Å². The summed E-state index contributed by atoms with van der Waals surface area (Å²) in [4.78, 5) is 14.3. The molecular formula is C8H16N6O. The second-order valence-corrected chi connectivity index (χ2v) is 2.85. The lowest BCUT2D eigenvalue weighted by molar-refractivity contribution is 0.242. The summed E-state index contributed by atoms with van der Waals surface area (Å²) in [6.07, 6.45) is 1.61. The van der Waals surface area contributed by atoms with Gasteiger partial charge in [-0.15, -0.1) is 0 Å². The van der Waals surface area contributed by atoms with Gasteiger partial charge in [0.2, 0.25) is 6.19 Å². The predicted molar refractivity (Wildman–Crippen MR) is 57.1 cm³/mol. The van der Waals surface area contributed by atoms with E-state index < -0.39 is 0 Å². The van der Waals surface area contributed by atoms with Gasteiger partial charge < -0.3 is 21.7 Å². The Kier molecular flexibility index (Phi) is 6.67. The molecule has 0 saturated heterocycles. The summed E-state index contributed by atoms with van der Waals surface area (Å²) >= 11 is 0. The molecule has 0 aromatic heterocycles. The Balaban J connectivity index is 4.22. The second-order valence-electron chi connectivity index (χ2n) is 2.85. The molecule has 15 heavy (non-hydrogen) atoms. The molecule has 0 fully saturated rings. The van der Waals surface area contributed by atoms with Crippen molar-refractivity contribution in [3.63, 3.8) is 0 Å². The highest BCUT2D eigenvalue weighted by atomic mass is 16.2. The third-order valence-corrected chi connectivity index (χ3v) is 1.78. The van der Waals surface area contributed by atoms with Gasteiger partial charge in [0, 0.05) is 26.1 Å². The number of amides is 2. The molecule has 0 aliphatic rings. The zero-order valence-electron chi connectivity index (χ0n) is 8.87. The van der Waals surface area contributed by atoms with Gasteiger partial charge >= 0.3 is 6.03 Å². The molecule has 1 atom stereocenters. The van der Waals surface area contributed by atoms with E-state index in [1.54, 1.807) is 13.2 Å². The average Bonchev–Trinajstić information content (AvgIpc) is 2.23. The fourth-order valence-corrected chi connectivity index (χ4v) is 0.981. The molecule has 7 heteroatoms. The molecule has 0 heterocycles. The number of hydrogen-bond donors (Lipinski definition) is 4. The zero-order chi connectivity index (χ0) is 11.7. The van der Waals surface area contributed by atoms with Gasteiger partial charge in [-0.2, -0.15) is 10.3 Å². The third-order valence-electron chi connectivity index (χ3n) is 1.78. The van der Waals surface area contributed by atoms with E-state index in [9.17, 15) is 4.79 Å². The monoisotopic (exact) mass is 212 g/mol. The molecule has 1 unspecified atom stereocenters. The third kappa shape index (κ3) is 5.49. The number of carbonyl (C=O) groups is 1. The lowest BCUT2D eigenvalue weighted by atomic mass is 10.1. The van der Waals surface area contributed by atoms with Crippen molar-refractivity contribution in [2.24, 2.45) is 16.6 Å². The van der Waals surface area contributed by atoms with Crippen LogP contribution in [-0.4, -0.2) is 39.1 Å².